The van der Waals surface area contributed by atoms with Crippen molar-refractivity contribution < 1.29 is 4.42 Å². The molecule has 0 N–H and O–H groups in total. The summed E-state index contributed by atoms with van der Waals surface area (Å²) >= 11 is 3.62. The molecule has 0 aliphatic rings. The van der Waals surface area contributed by atoms with Crippen molar-refractivity contribution in [3.63, 3.8) is 0 Å². The monoisotopic (exact) mass is 700 g/mol. The van der Waals surface area contributed by atoms with Gasteiger partial charge >= 0.3 is 0 Å². The van der Waals surface area contributed by atoms with Crippen LogP contribution in [-0.2, 0) is 0 Å². The minimum atomic E-state index is 0.870. The van der Waals surface area contributed by atoms with Gasteiger partial charge in [0.15, 0.2) is 5.58 Å². The Morgan fingerprint density at radius 3 is 2.13 bits per heavy atom. The predicted molar refractivity (Wildman–Crippen MR) is 223 cm³/mol. The van der Waals surface area contributed by atoms with Crippen LogP contribution in [0.15, 0.2) is 174 Å². The average Bonchev–Trinajstić information content (AvgIpc) is 3.92. The zero-order valence-electron chi connectivity index (χ0n) is 27.8. The number of aromatic nitrogens is 1. The predicted octanol–water partition coefficient (Wildman–Crippen LogP) is 14.5. The number of rotatable bonds is 5. The number of hydrogen-bond acceptors (Lipinski definition) is 5. The highest BCUT2D eigenvalue weighted by atomic mass is 32.1. The van der Waals surface area contributed by atoms with Crippen LogP contribution in [0.4, 0.5) is 17.1 Å². The van der Waals surface area contributed by atoms with Crippen molar-refractivity contribution in [3.8, 4) is 21.7 Å². The largest absolute Gasteiger partial charge is 0.454 e. The molecule has 0 bridgehead atoms. The van der Waals surface area contributed by atoms with Crippen LogP contribution in [0.3, 0.4) is 0 Å². The molecule has 3 aromatic heterocycles. The molecule has 0 atom stereocenters. The van der Waals surface area contributed by atoms with Gasteiger partial charge in [-0.25, -0.2) is 4.98 Å². The highest BCUT2D eigenvalue weighted by molar-refractivity contribution is 7.28. The highest BCUT2D eigenvalue weighted by Crippen LogP contribution is 2.47. The minimum Gasteiger partial charge on any atom is -0.454 e. The summed E-state index contributed by atoms with van der Waals surface area (Å²) in [7, 11) is 0. The molecule has 0 fully saturated rings. The second-order valence-corrected chi connectivity index (χ2v) is 15.2. The molecule has 52 heavy (non-hydrogen) atoms. The number of para-hydroxylation sites is 2. The van der Waals surface area contributed by atoms with Crippen LogP contribution in [0.2, 0.25) is 0 Å². The van der Waals surface area contributed by atoms with E-state index in [0.717, 1.165) is 55.1 Å². The number of thiophene rings is 1. The lowest BCUT2D eigenvalue weighted by Gasteiger charge is -2.26. The summed E-state index contributed by atoms with van der Waals surface area (Å²) in [4.78, 5) is 7.43. The normalized spacial score (nSPS) is 11.8. The average molecular weight is 701 g/mol. The quantitative estimate of drug-likeness (QED) is 0.179. The molecule has 0 saturated heterocycles. The van der Waals surface area contributed by atoms with Gasteiger partial charge in [0.1, 0.15) is 10.6 Å². The van der Waals surface area contributed by atoms with Gasteiger partial charge in [-0.15, -0.1) is 22.7 Å². The summed E-state index contributed by atoms with van der Waals surface area (Å²) in [6.45, 7) is 0. The van der Waals surface area contributed by atoms with Gasteiger partial charge in [0, 0.05) is 47.9 Å². The van der Waals surface area contributed by atoms with Gasteiger partial charge in [-0.3, -0.25) is 0 Å². The van der Waals surface area contributed by atoms with E-state index in [1.165, 1.54) is 46.8 Å². The first-order valence-electron chi connectivity index (χ1n) is 17.4. The van der Waals surface area contributed by atoms with Crippen LogP contribution in [0.1, 0.15) is 0 Å². The summed E-state index contributed by atoms with van der Waals surface area (Å²) in [5.74, 6) is 0. The number of furan rings is 1. The van der Waals surface area contributed by atoms with Crippen LogP contribution in [0.25, 0.3) is 84.8 Å². The lowest BCUT2D eigenvalue weighted by Crippen LogP contribution is -2.10. The maximum atomic E-state index is 6.65. The van der Waals surface area contributed by atoms with E-state index in [1.807, 2.05) is 17.4 Å². The number of fused-ring (bicyclic) bond motifs is 9. The Bertz CT molecular complexity index is 3130. The minimum absolute atomic E-state index is 0.870. The van der Waals surface area contributed by atoms with Crippen molar-refractivity contribution in [2.24, 2.45) is 0 Å². The van der Waals surface area contributed by atoms with E-state index < -0.39 is 0 Å². The third-order valence-electron chi connectivity index (χ3n) is 10.1. The van der Waals surface area contributed by atoms with E-state index in [9.17, 15) is 0 Å². The number of benzene rings is 8. The molecule has 8 aromatic carbocycles. The Morgan fingerprint density at radius 2 is 1.23 bits per heavy atom. The molecule has 5 heteroatoms. The lowest BCUT2D eigenvalue weighted by molar-refractivity contribution is 0.669. The lowest BCUT2D eigenvalue weighted by atomic mass is 9.98. The van der Waals surface area contributed by atoms with Gasteiger partial charge < -0.3 is 9.32 Å². The molecule has 0 saturated carbocycles. The van der Waals surface area contributed by atoms with Crippen LogP contribution in [0.5, 0.6) is 0 Å². The number of anilines is 3. The summed E-state index contributed by atoms with van der Waals surface area (Å²) in [6.07, 6.45) is 0. The Hall–Kier alpha value is -6.27. The molecule has 0 unspecified atom stereocenters. The maximum absolute atomic E-state index is 6.65. The molecule has 3 heterocycles. The Morgan fingerprint density at radius 1 is 0.500 bits per heavy atom. The molecule has 11 rings (SSSR count). The van der Waals surface area contributed by atoms with Gasteiger partial charge in [0.05, 0.1) is 15.9 Å². The van der Waals surface area contributed by atoms with Crippen molar-refractivity contribution in [1.82, 2.24) is 4.98 Å². The van der Waals surface area contributed by atoms with Crippen LogP contribution in [-0.4, -0.2) is 4.98 Å². The second kappa shape index (κ2) is 11.6. The zero-order chi connectivity index (χ0) is 34.2. The fraction of sp³-hybridized carbons (Fsp3) is 0. The van der Waals surface area contributed by atoms with E-state index in [2.05, 4.69) is 169 Å². The fourth-order valence-corrected chi connectivity index (χ4v) is 9.97. The third kappa shape index (κ3) is 4.60. The second-order valence-electron chi connectivity index (χ2n) is 13.1. The van der Waals surface area contributed by atoms with Gasteiger partial charge in [-0.05, 0) is 76.5 Å². The van der Waals surface area contributed by atoms with Gasteiger partial charge in [0.2, 0.25) is 0 Å². The van der Waals surface area contributed by atoms with Crippen molar-refractivity contribution >= 4 is 103 Å². The van der Waals surface area contributed by atoms with Crippen LogP contribution < -0.4 is 4.90 Å². The molecule has 0 aliphatic carbocycles. The first-order valence-corrected chi connectivity index (χ1v) is 19.0. The first kappa shape index (κ1) is 29.5. The summed E-state index contributed by atoms with van der Waals surface area (Å²) in [5.41, 5.74) is 9.48. The molecule has 11 aromatic rings. The summed E-state index contributed by atoms with van der Waals surface area (Å²) < 4.78 is 10.4. The van der Waals surface area contributed by atoms with E-state index in [0.29, 0.717) is 0 Å². The number of thiazole rings is 1. The van der Waals surface area contributed by atoms with Crippen molar-refractivity contribution in [2.75, 3.05) is 4.90 Å². The molecule has 0 aliphatic heterocycles. The third-order valence-corrected chi connectivity index (χ3v) is 12.4. The molecule has 0 radical (unpaired) electrons. The van der Waals surface area contributed by atoms with E-state index in [-0.39, 0.29) is 0 Å². The van der Waals surface area contributed by atoms with Gasteiger partial charge in [-0.2, -0.15) is 0 Å². The smallest absolute Gasteiger partial charge is 0.159 e. The standard InChI is InChI=1S/C47H28N2OS2/c1-2-11-31(12-3-1)47-48-39-25-27-43-44(46(39)52-47)38-28-33(24-26-42(38)51-43)49(40-18-9-17-37-36-15-6-7-19-41(36)50-45(37)40)32-22-20-30(21-23-32)35-16-8-13-29-10-4-5-14-34(29)35/h1-28H. The van der Waals surface area contributed by atoms with Crippen molar-refractivity contribution in [3.05, 3.63) is 170 Å². The maximum Gasteiger partial charge on any atom is 0.159 e. The van der Waals surface area contributed by atoms with Crippen molar-refractivity contribution in [1.29, 1.82) is 0 Å². The molecular weight excluding hydrogens is 673 g/mol. The molecule has 0 amide bonds. The first-order chi connectivity index (χ1) is 25.8. The SMILES string of the molecule is c1ccc(-c2nc3ccc4sc5ccc(N(c6ccc(-c7cccc8ccccc78)cc6)c6cccc7c6oc6ccccc67)cc5c4c3s2)cc1. The topological polar surface area (TPSA) is 29.3 Å². The molecule has 244 valence electrons. The van der Waals surface area contributed by atoms with Crippen molar-refractivity contribution in [2.45, 2.75) is 0 Å². The van der Waals surface area contributed by atoms with Gasteiger partial charge in [-0.1, -0.05) is 115 Å². The van der Waals surface area contributed by atoms with E-state index in [4.69, 9.17) is 9.40 Å². The highest BCUT2D eigenvalue weighted by Gasteiger charge is 2.21. The summed E-state index contributed by atoms with van der Waals surface area (Å²) in [5, 5.41) is 8.26. The Labute approximate surface area is 307 Å². The van der Waals surface area contributed by atoms with Crippen LogP contribution in [0, 0.1) is 0 Å². The Balaban J connectivity index is 1.13. The zero-order valence-corrected chi connectivity index (χ0v) is 29.4. The number of nitrogens with zero attached hydrogens (tertiary/aromatic N) is 2. The van der Waals surface area contributed by atoms with Crippen LogP contribution >= 0.6 is 22.7 Å². The fourth-order valence-electron chi connectivity index (χ4n) is 7.68. The summed E-state index contributed by atoms with van der Waals surface area (Å²) in [6, 6.07) is 60.6. The number of hydrogen-bond donors (Lipinski definition) is 0. The van der Waals surface area contributed by atoms with E-state index in [1.54, 1.807) is 11.3 Å². The Kier molecular flexibility index (Phi) is 6.59. The molecule has 0 spiro atoms. The molecular formula is C47H28N2OS2. The van der Waals surface area contributed by atoms with Gasteiger partial charge in [0.25, 0.3) is 0 Å². The molecule has 3 nitrogen and oxygen atoms in total. The van der Waals surface area contributed by atoms with E-state index >= 15 is 0 Å².